The predicted molar refractivity (Wildman–Crippen MR) is 230 cm³/mol. The van der Waals surface area contributed by atoms with Gasteiger partial charge in [0, 0.05) is 21.3 Å². The van der Waals surface area contributed by atoms with Gasteiger partial charge < -0.3 is 82.4 Å². The van der Waals surface area contributed by atoms with Crippen LogP contribution in [0.3, 0.4) is 0 Å². The summed E-state index contributed by atoms with van der Waals surface area (Å²) >= 11 is 0. The van der Waals surface area contributed by atoms with E-state index in [2.05, 4.69) is 38.1 Å². The van der Waals surface area contributed by atoms with E-state index in [0.29, 0.717) is 123 Å². The number of rotatable bonds is 34. The summed E-state index contributed by atoms with van der Waals surface area (Å²) in [6.07, 6.45) is 0. The van der Waals surface area contributed by atoms with Gasteiger partial charge in [-0.2, -0.15) is 0 Å². The number of epoxide rings is 2. The number of hydrogen-bond acceptors (Lipinski definition) is 17. The molecular formula is C45H77KO17. The second-order valence-corrected chi connectivity index (χ2v) is 15.2. The smallest absolute Gasteiger partial charge is 0.870 e. The summed E-state index contributed by atoms with van der Waals surface area (Å²) in [5.41, 5.74) is 1.56. The first-order chi connectivity index (χ1) is 29.4. The molecule has 2 fully saturated rings. The predicted octanol–water partition coefficient (Wildman–Crippen LogP) is 0.157. The van der Waals surface area contributed by atoms with E-state index < -0.39 is 11.2 Å². The molecule has 2 aromatic carbocycles. The van der Waals surface area contributed by atoms with Gasteiger partial charge in [-0.15, -0.1) is 0 Å². The summed E-state index contributed by atoms with van der Waals surface area (Å²) in [6, 6.07) is 15.7. The molecule has 2 aliphatic heterocycles. The molecule has 0 saturated carbocycles. The molecule has 4 rings (SSSR count). The fourth-order valence-corrected chi connectivity index (χ4v) is 5.31. The second-order valence-electron chi connectivity index (χ2n) is 15.2. The summed E-state index contributed by atoms with van der Waals surface area (Å²) in [6.45, 7) is 18.0. The number of methoxy groups -OCH3 is 3. The van der Waals surface area contributed by atoms with Crippen LogP contribution in [0.2, 0.25) is 0 Å². The molecule has 0 amide bonds. The van der Waals surface area contributed by atoms with Gasteiger partial charge >= 0.3 is 51.4 Å². The first-order valence-electron chi connectivity index (χ1n) is 21.0. The molecule has 0 radical (unpaired) electrons. The van der Waals surface area contributed by atoms with Gasteiger partial charge in [0.2, 0.25) is 0 Å². The zero-order valence-corrected chi connectivity index (χ0v) is 42.4. The van der Waals surface area contributed by atoms with E-state index in [1.165, 1.54) is 11.1 Å². The summed E-state index contributed by atoms with van der Waals surface area (Å²) in [7, 11) is 4.89. The van der Waals surface area contributed by atoms with Crippen LogP contribution >= 0.6 is 0 Å². The fourth-order valence-electron chi connectivity index (χ4n) is 5.31. The van der Waals surface area contributed by atoms with Crippen LogP contribution in [0.15, 0.2) is 48.5 Å². The third kappa shape index (κ3) is 28.4. The van der Waals surface area contributed by atoms with Crippen LogP contribution < -0.4 is 51.4 Å². The van der Waals surface area contributed by atoms with Crippen LogP contribution in [0.25, 0.3) is 0 Å². The minimum absolute atomic E-state index is 0. The van der Waals surface area contributed by atoms with Gasteiger partial charge in [0.25, 0.3) is 0 Å². The Hall–Kier alpha value is -0.604. The van der Waals surface area contributed by atoms with Crippen molar-refractivity contribution in [2.75, 3.05) is 167 Å². The maximum Gasteiger partial charge on any atom is 1.00 e. The summed E-state index contributed by atoms with van der Waals surface area (Å²) < 4.78 is 68.0. The van der Waals surface area contributed by atoms with Crippen molar-refractivity contribution in [3.8, 4) is 0 Å². The Kier molecular flexibility index (Phi) is 36.1. The van der Waals surface area contributed by atoms with E-state index in [1.54, 1.807) is 59.4 Å². The molecule has 0 spiro atoms. The molecule has 63 heavy (non-hydrogen) atoms. The molecule has 2 saturated heterocycles. The largest absolute Gasteiger partial charge is 1.00 e. The monoisotopic (exact) mass is 928 g/mol. The van der Waals surface area contributed by atoms with Crippen LogP contribution in [0.1, 0.15) is 49.9 Å². The minimum Gasteiger partial charge on any atom is -0.870 e. The maximum atomic E-state index is 10.8. The number of ether oxygens (including phenoxy) is 13. The van der Waals surface area contributed by atoms with Crippen LogP contribution in [-0.4, -0.2) is 187 Å². The zero-order valence-electron chi connectivity index (χ0n) is 39.3. The molecule has 4 unspecified atom stereocenters. The molecule has 18 heteroatoms. The molecular weight excluding hydrogens is 852 g/mol. The van der Waals surface area contributed by atoms with Gasteiger partial charge in [-0.05, 0) is 49.9 Å². The molecule has 0 aliphatic carbocycles. The molecule has 4 N–H and O–H groups in total. The topological polar surface area (TPSA) is 217 Å². The third-order valence-electron chi connectivity index (χ3n) is 9.55. The standard InChI is InChI=1S/C26H46O10.C12H14O2.C7H16O4.K.H2O/c1-25(27,21-35-19-17-33-15-13-31-11-9-29-3)23-5-7-24(8-6-23)26(2,28)22-36-20-18-34-16-14-32-12-10-30-4;1-11(7-13-11)9-3-5-10(6-4-9)12(2)8-14-12;1-9-4-5-11-7-6-10-3-2-8;;/h5-8,27-28H,9-22H2,1-4H3;3-6H,7-8H2,1-2H3;8H,2-7H2,1H3;;1H2/q;;;+1;/p-1. The van der Waals surface area contributed by atoms with Crippen molar-refractivity contribution >= 4 is 0 Å². The average Bonchev–Trinajstić information content (AvgIpc) is 4.20. The molecule has 0 aromatic heterocycles. The van der Waals surface area contributed by atoms with Gasteiger partial charge in [0.15, 0.2) is 0 Å². The molecule has 2 heterocycles. The summed E-state index contributed by atoms with van der Waals surface area (Å²) in [5, 5.41) is 29.9. The Balaban J connectivity index is 0.00000115. The molecule has 2 aliphatic rings. The van der Waals surface area contributed by atoms with Crippen molar-refractivity contribution in [1.82, 2.24) is 0 Å². The molecule has 0 bridgehead atoms. The molecule has 17 nitrogen and oxygen atoms in total. The minimum atomic E-state index is -1.17. The van der Waals surface area contributed by atoms with Gasteiger partial charge in [0.1, 0.15) is 22.4 Å². The van der Waals surface area contributed by atoms with Crippen molar-refractivity contribution in [2.24, 2.45) is 0 Å². The van der Waals surface area contributed by atoms with Crippen molar-refractivity contribution < 1.29 is 134 Å². The Labute approximate surface area is 418 Å². The van der Waals surface area contributed by atoms with E-state index in [0.717, 1.165) is 13.2 Å². The van der Waals surface area contributed by atoms with Crippen molar-refractivity contribution in [3.05, 3.63) is 70.8 Å². The van der Waals surface area contributed by atoms with E-state index in [-0.39, 0.29) is 87.9 Å². The Morgan fingerprint density at radius 3 is 0.937 bits per heavy atom. The van der Waals surface area contributed by atoms with Crippen molar-refractivity contribution in [2.45, 2.75) is 50.1 Å². The third-order valence-corrected chi connectivity index (χ3v) is 9.55. The zero-order chi connectivity index (χ0) is 44.7. The quantitative estimate of drug-likeness (QED) is 0.0484. The Morgan fingerprint density at radius 1 is 0.460 bits per heavy atom. The average molecular weight is 929 g/mol. The van der Waals surface area contributed by atoms with E-state index in [1.807, 2.05) is 0 Å². The van der Waals surface area contributed by atoms with Crippen LogP contribution in [-0.2, 0) is 84.0 Å². The maximum absolute atomic E-state index is 10.8. The van der Waals surface area contributed by atoms with Gasteiger partial charge in [-0.25, -0.2) is 0 Å². The van der Waals surface area contributed by atoms with E-state index in [4.69, 9.17) is 66.7 Å². The van der Waals surface area contributed by atoms with E-state index >= 15 is 0 Å². The van der Waals surface area contributed by atoms with Gasteiger partial charge in [-0.1, -0.05) is 48.5 Å². The first kappa shape index (κ1) is 62.4. The number of benzene rings is 2. The Bertz CT molecular complexity index is 1240. The molecule has 2 aromatic rings. The van der Waals surface area contributed by atoms with Gasteiger partial charge in [-0.3, -0.25) is 0 Å². The van der Waals surface area contributed by atoms with Gasteiger partial charge in [0.05, 0.1) is 145 Å². The Morgan fingerprint density at radius 2 is 0.698 bits per heavy atom. The molecule has 4 atom stereocenters. The van der Waals surface area contributed by atoms with Crippen LogP contribution in [0, 0.1) is 0 Å². The SMILES string of the molecule is CC1(c2ccc(C3(C)CO3)cc2)CO1.COCCOCCOCCO.COCCOCCOCCOCC(C)(O)c1ccc(C(C)(O)COCCOCCOCCOC)cc1.[K+].[OH-]. The number of hydrogen-bond donors (Lipinski definition) is 3. The van der Waals surface area contributed by atoms with Crippen molar-refractivity contribution in [1.29, 1.82) is 0 Å². The summed E-state index contributed by atoms with van der Waals surface area (Å²) in [4.78, 5) is 0. The normalized spacial score (nSPS) is 19.2. The van der Waals surface area contributed by atoms with Crippen LogP contribution in [0.5, 0.6) is 0 Å². The molecule has 360 valence electrons. The van der Waals surface area contributed by atoms with E-state index in [9.17, 15) is 10.2 Å². The fraction of sp³-hybridized carbons (Fsp3) is 0.733. The summed E-state index contributed by atoms with van der Waals surface area (Å²) in [5.74, 6) is 0. The first-order valence-corrected chi connectivity index (χ1v) is 21.0. The second kappa shape index (κ2) is 36.4. The number of aliphatic hydroxyl groups is 3. The van der Waals surface area contributed by atoms with Crippen molar-refractivity contribution in [3.63, 3.8) is 0 Å². The number of aliphatic hydroxyl groups excluding tert-OH is 1. The van der Waals surface area contributed by atoms with Crippen LogP contribution in [0.4, 0.5) is 0 Å².